The second kappa shape index (κ2) is 5.11. The molecular formula is C16H23N3O. The van der Waals surface area contributed by atoms with Gasteiger partial charge in [0.1, 0.15) is 5.75 Å². The van der Waals surface area contributed by atoms with Crippen molar-refractivity contribution in [3.63, 3.8) is 0 Å². The number of rotatable bonds is 3. The number of ether oxygens (including phenoxy) is 1. The maximum Gasteiger partial charge on any atom is 0.124 e. The van der Waals surface area contributed by atoms with Crippen molar-refractivity contribution in [2.45, 2.75) is 12.5 Å². The standard InChI is InChI=1S/C16H23N3O/c1-18-5-4-12-7-16(20-3)13(8-14(12)18)15-6-11(9-17)10-19(15)2/h4-5,7-8,11,15H,6,9-10,17H2,1-3H3. The molecule has 108 valence electrons. The Bertz CT molecular complexity index is 619. The Morgan fingerprint density at radius 3 is 2.80 bits per heavy atom. The van der Waals surface area contributed by atoms with Gasteiger partial charge in [-0.15, -0.1) is 0 Å². The van der Waals surface area contributed by atoms with E-state index < -0.39 is 0 Å². The van der Waals surface area contributed by atoms with E-state index in [1.54, 1.807) is 7.11 Å². The molecule has 0 spiro atoms. The first kappa shape index (κ1) is 13.5. The van der Waals surface area contributed by atoms with E-state index in [2.05, 4.69) is 48.0 Å². The van der Waals surface area contributed by atoms with Gasteiger partial charge in [0.15, 0.2) is 0 Å². The summed E-state index contributed by atoms with van der Waals surface area (Å²) < 4.78 is 7.79. The van der Waals surface area contributed by atoms with Crippen LogP contribution in [-0.2, 0) is 7.05 Å². The van der Waals surface area contributed by atoms with Gasteiger partial charge in [-0.25, -0.2) is 0 Å². The Labute approximate surface area is 120 Å². The van der Waals surface area contributed by atoms with Gasteiger partial charge in [-0.2, -0.15) is 0 Å². The number of benzene rings is 1. The summed E-state index contributed by atoms with van der Waals surface area (Å²) in [6.07, 6.45) is 3.20. The average molecular weight is 273 g/mol. The van der Waals surface area contributed by atoms with Gasteiger partial charge < -0.3 is 15.0 Å². The highest BCUT2D eigenvalue weighted by atomic mass is 16.5. The molecule has 1 aliphatic rings. The van der Waals surface area contributed by atoms with Gasteiger partial charge >= 0.3 is 0 Å². The summed E-state index contributed by atoms with van der Waals surface area (Å²) in [5.41, 5.74) is 8.38. The largest absolute Gasteiger partial charge is 0.496 e. The summed E-state index contributed by atoms with van der Waals surface area (Å²) >= 11 is 0. The molecule has 1 aliphatic heterocycles. The Morgan fingerprint density at radius 2 is 2.15 bits per heavy atom. The molecule has 2 aromatic rings. The lowest BCUT2D eigenvalue weighted by atomic mass is 9.98. The fourth-order valence-electron chi connectivity index (χ4n) is 3.39. The van der Waals surface area contributed by atoms with Crippen LogP contribution in [-0.4, -0.2) is 36.7 Å². The number of hydrogen-bond donors (Lipinski definition) is 1. The lowest BCUT2D eigenvalue weighted by molar-refractivity contribution is 0.303. The maximum absolute atomic E-state index is 5.84. The number of likely N-dealkylation sites (tertiary alicyclic amines) is 1. The van der Waals surface area contributed by atoms with E-state index in [1.807, 2.05) is 0 Å². The van der Waals surface area contributed by atoms with Crippen molar-refractivity contribution in [2.75, 3.05) is 27.2 Å². The quantitative estimate of drug-likeness (QED) is 0.931. The summed E-state index contributed by atoms with van der Waals surface area (Å²) in [7, 11) is 6.01. The third-order valence-electron chi connectivity index (χ3n) is 4.56. The van der Waals surface area contributed by atoms with Crippen molar-refractivity contribution < 1.29 is 4.74 Å². The predicted octanol–water partition coefficient (Wildman–Crippen LogP) is 2.14. The van der Waals surface area contributed by atoms with Crippen LogP contribution in [0.3, 0.4) is 0 Å². The van der Waals surface area contributed by atoms with Crippen molar-refractivity contribution in [3.8, 4) is 5.75 Å². The number of nitrogens with zero attached hydrogens (tertiary/aromatic N) is 2. The molecule has 20 heavy (non-hydrogen) atoms. The van der Waals surface area contributed by atoms with Crippen molar-refractivity contribution >= 4 is 10.9 Å². The molecule has 1 fully saturated rings. The maximum atomic E-state index is 5.84. The highest BCUT2D eigenvalue weighted by molar-refractivity contribution is 5.83. The van der Waals surface area contributed by atoms with Crippen molar-refractivity contribution in [1.29, 1.82) is 0 Å². The fourth-order valence-corrected chi connectivity index (χ4v) is 3.39. The molecule has 2 atom stereocenters. The first-order valence-corrected chi connectivity index (χ1v) is 7.17. The highest BCUT2D eigenvalue weighted by Crippen LogP contribution is 2.40. The molecule has 0 aliphatic carbocycles. The van der Waals surface area contributed by atoms with Gasteiger partial charge in [-0.3, -0.25) is 4.90 Å². The first-order valence-electron chi connectivity index (χ1n) is 7.17. The normalized spacial score (nSPS) is 23.6. The van der Waals surface area contributed by atoms with Crippen LogP contribution in [0.4, 0.5) is 0 Å². The number of fused-ring (bicyclic) bond motifs is 1. The van der Waals surface area contributed by atoms with Crippen molar-refractivity contribution in [1.82, 2.24) is 9.47 Å². The van der Waals surface area contributed by atoms with E-state index in [0.717, 1.165) is 25.3 Å². The lowest BCUT2D eigenvalue weighted by Gasteiger charge is -2.22. The van der Waals surface area contributed by atoms with Crippen LogP contribution in [0.15, 0.2) is 24.4 Å². The average Bonchev–Trinajstić information content (AvgIpc) is 3.01. The van der Waals surface area contributed by atoms with Crippen molar-refractivity contribution in [2.24, 2.45) is 18.7 Å². The van der Waals surface area contributed by atoms with Crippen LogP contribution in [0.2, 0.25) is 0 Å². The van der Waals surface area contributed by atoms with E-state index in [0.29, 0.717) is 12.0 Å². The highest BCUT2D eigenvalue weighted by Gasteiger charge is 2.31. The lowest BCUT2D eigenvalue weighted by Crippen LogP contribution is -2.20. The zero-order valence-electron chi connectivity index (χ0n) is 12.5. The molecule has 0 bridgehead atoms. The van der Waals surface area contributed by atoms with E-state index in [1.165, 1.54) is 16.5 Å². The molecule has 0 amide bonds. The Hall–Kier alpha value is -1.52. The summed E-state index contributed by atoms with van der Waals surface area (Å²) in [5.74, 6) is 1.57. The number of aryl methyl sites for hydroxylation is 1. The van der Waals surface area contributed by atoms with E-state index >= 15 is 0 Å². The minimum absolute atomic E-state index is 0.401. The molecule has 2 heterocycles. The van der Waals surface area contributed by atoms with Crippen molar-refractivity contribution in [3.05, 3.63) is 30.0 Å². The molecule has 4 nitrogen and oxygen atoms in total. The molecule has 3 rings (SSSR count). The van der Waals surface area contributed by atoms with Crippen LogP contribution in [0, 0.1) is 5.92 Å². The second-order valence-corrected chi connectivity index (χ2v) is 5.87. The van der Waals surface area contributed by atoms with Crippen LogP contribution >= 0.6 is 0 Å². The zero-order chi connectivity index (χ0) is 14.3. The third kappa shape index (κ3) is 2.09. The van der Waals surface area contributed by atoms with Gasteiger partial charge in [0, 0.05) is 42.3 Å². The topological polar surface area (TPSA) is 43.4 Å². The Balaban J connectivity index is 2.07. The van der Waals surface area contributed by atoms with Gasteiger partial charge in [0.2, 0.25) is 0 Å². The molecule has 0 radical (unpaired) electrons. The molecule has 0 saturated carbocycles. The number of nitrogens with two attached hydrogens (primary N) is 1. The van der Waals surface area contributed by atoms with E-state index in [9.17, 15) is 0 Å². The smallest absolute Gasteiger partial charge is 0.124 e. The summed E-state index contributed by atoms with van der Waals surface area (Å²) in [6, 6.07) is 6.95. The molecule has 2 N–H and O–H groups in total. The first-order chi connectivity index (χ1) is 9.63. The number of hydrogen-bond acceptors (Lipinski definition) is 3. The molecule has 4 heteroatoms. The van der Waals surface area contributed by atoms with Crippen LogP contribution in [0.5, 0.6) is 5.75 Å². The Morgan fingerprint density at radius 1 is 1.35 bits per heavy atom. The summed E-state index contributed by atoms with van der Waals surface area (Å²) in [5, 5.41) is 1.23. The van der Waals surface area contributed by atoms with Crippen LogP contribution < -0.4 is 10.5 Å². The summed E-state index contributed by atoms with van der Waals surface area (Å²) in [6.45, 7) is 1.82. The minimum atomic E-state index is 0.401. The molecular weight excluding hydrogens is 250 g/mol. The van der Waals surface area contributed by atoms with Crippen LogP contribution in [0.1, 0.15) is 18.0 Å². The predicted molar refractivity (Wildman–Crippen MR) is 82.0 cm³/mol. The van der Waals surface area contributed by atoms with E-state index in [-0.39, 0.29) is 0 Å². The number of methoxy groups -OCH3 is 1. The van der Waals surface area contributed by atoms with Gasteiger partial charge in [-0.1, -0.05) is 0 Å². The summed E-state index contributed by atoms with van der Waals surface area (Å²) in [4.78, 5) is 2.39. The monoisotopic (exact) mass is 273 g/mol. The Kier molecular flexibility index (Phi) is 3.44. The van der Waals surface area contributed by atoms with E-state index in [4.69, 9.17) is 10.5 Å². The SMILES string of the molecule is COc1cc2ccn(C)c2cc1C1CC(CN)CN1C. The minimum Gasteiger partial charge on any atom is -0.496 e. The zero-order valence-corrected chi connectivity index (χ0v) is 12.5. The van der Waals surface area contributed by atoms with Crippen LogP contribution in [0.25, 0.3) is 10.9 Å². The third-order valence-corrected chi connectivity index (χ3v) is 4.56. The molecule has 1 aromatic carbocycles. The van der Waals surface area contributed by atoms with Gasteiger partial charge in [0.05, 0.1) is 7.11 Å². The molecule has 2 unspecified atom stereocenters. The number of aromatic nitrogens is 1. The van der Waals surface area contributed by atoms with Gasteiger partial charge in [-0.05, 0) is 44.1 Å². The van der Waals surface area contributed by atoms with Gasteiger partial charge in [0.25, 0.3) is 0 Å². The molecule has 1 aromatic heterocycles. The molecule has 1 saturated heterocycles. The fraction of sp³-hybridized carbons (Fsp3) is 0.500. The second-order valence-electron chi connectivity index (χ2n) is 5.87.